The molecule has 1 aliphatic carbocycles. The molecule has 1 heterocycles. The van der Waals surface area contributed by atoms with Gasteiger partial charge in [-0.2, -0.15) is 0 Å². The Bertz CT molecular complexity index is 371. The summed E-state index contributed by atoms with van der Waals surface area (Å²) in [5, 5.41) is 7.52. The molecule has 1 saturated carbocycles. The van der Waals surface area contributed by atoms with Crippen LogP contribution >= 0.6 is 0 Å². The highest BCUT2D eigenvalue weighted by molar-refractivity contribution is 5.05. The maximum atomic E-state index is 5.42. The van der Waals surface area contributed by atoms with E-state index in [1.54, 1.807) is 0 Å². The molecule has 108 valence electrons. The average molecular weight is 265 g/mol. The number of nitrogens with one attached hydrogen (secondary N) is 1. The first kappa shape index (κ1) is 14.5. The average Bonchev–Trinajstić information content (AvgIpc) is 3.07. The van der Waals surface area contributed by atoms with Crippen molar-refractivity contribution in [2.45, 2.75) is 46.7 Å². The Morgan fingerprint density at radius 2 is 2.26 bits per heavy atom. The van der Waals surface area contributed by atoms with Crippen LogP contribution in [0.2, 0.25) is 0 Å². The highest BCUT2D eigenvalue weighted by Gasteiger charge is 2.24. The second-order valence-corrected chi connectivity index (χ2v) is 6.08. The zero-order chi connectivity index (χ0) is 13.7. The molecule has 0 atom stereocenters. The third-order valence-corrected chi connectivity index (χ3v) is 3.51. The van der Waals surface area contributed by atoms with Crippen LogP contribution in [0.4, 0.5) is 0 Å². The van der Waals surface area contributed by atoms with Gasteiger partial charge in [-0.3, -0.25) is 4.90 Å². The van der Waals surface area contributed by atoms with Gasteiger partial charge in [0.15, 0.2) is 5.76 Å². The number of hydrogen-bond acceptors (Lipinski definition) is 4. The van der Waals surface area contributed by atoms with E-state index in [1.807, 2.05) is 0 Å². The van der Waals surface area contributed by atoms with Crippen molar-refractivity contribution in [1.29, 1.82) is 0 Å². The number of nitrogens with zero attached hydrogens (tertiary/aromatic N) is 2. The van der Waals surface area contributed by atoms with Gasteiger partial charge >= 0.3 is 0 Å². The summed E-state index contributed by atoms with van der Waals surface area (Å²) in [5.74, 6) is 2.58. The fourth-order valence-corrected chi connectivity index (χ4v) is 2.19. The lowest BCUT2D eigenvalue weighted by Gasteiger charge is -2.17. The van der Waals surface area contributed by atoms with Crippen LogP contribution in [0.5, 0.6) is 0 Å². The Morgan fingerprint density at radius 1 is 1.47 bits per heavy atom. The molecule has 0 saturated heterocycles. The molecule has 0 bridgehead atoms. The topological polar surface area (TPSA) is 41.3 Å². The van der Waals surface area contributed by atoms with E-state index >= 15 is 0 Å². The van der Waals surface area contributed by atoms with Gasteiger partial charge in [-0.05, 0) is 37.8 Å². The maximum absolute atomic E-state index is 5.42. The third-order valence-electron chi connectivity index (χ3n) is 3.51. The molecule has 1 fully saturated rings. The highest BCUT2D eigenvalue weighted by atomic mass is 16.5. The molecule has 0 spiro atoms. The van der Waals surface area contributed by atoms with E-state index in [-0.39, 0.29) is 0 Å². The van der Waals surface area contributed by atoms with Gasteiger partial charge in [-0.1, -0.05) is 25.9 Å². The maximum Gasteiger partial charge on any atom is 0.151 e. The summed E-state index contributed by atoms with van der Waals surface area (Å²) >= 11 is 0. The van der Waals surface area contributed by atoms with Gasteiger partial charge in [-0.15, -0.1) is 0 Å². The van der Waals surface area contributed by atoms with Crippen molar-refractivity contribution in [3.8, 4) is 0 Å². The van der Waals surface area contributed by atoms with Crippen molar-refractivity contribution in [2.24, 2.45) is 11.8 Å². The van der Waals surface area contributed by atoms with Crippen molar-refractivity contribution in [2.75, 3.05) is 19.6 Å². The monoisotopic (exact) mass is 265 g/mol. The van der Waals surface area contributed by atoms with Gasteiger partial charge in [0.05, 0.1) is 12.2 Å². The summed E-state index contributed by atoms with van der Waals surface area (Å²) in [6.07, 6.45) is 2.80. The third kappa shape index (κ3) is 5.33. The van der Waals surface area contributed by atoms with E-state index in [9.17, 15) is 0 Å². The standard InChI is InChI=1S/C15H27N3O/c1-4-18(10-13-5-6-13)11-15-7-14(17-19-15)9-16-8-12(2)3/h7,12-13,16H,4-6,8-11H2,1-3H3. The normalized spacial score (nSPS) is 15.6. The summed E-state index contributed by atoms with van der Waals surface area (Å²) in [6.45, 7) is 11.6. The van der Waals surface area contributed by atoms with Crippen LogP contribution in [0, 0.1) is 11.8 Å². The molecule has 1 aromatic heterocycles. The predicted molar refractivity (Wildman–Crippen MR) is 76.7 cm³/mol. The molecule has 1 N–H and O–H groups in total. The van der Waals surface area contributed by atoms with Crippen molar-refractivity contribution in [3.05, 3.63) is 17.5 Å². The number of aromatic nitrogens is 1. The quantitative estimate of drug-likeness (QED) is 0.745. The van der Waals surface area contributed by atoms with E-state index in [0.717, 1.165) is 43.6 Å². The molecule has 1 aromatic rings. The smallest absolute Gasteiger partial charge is 0.151 e. The summed E-state index contributed by atoms with van der Waals surface area (Å²) in [7, 11) is 0. The molecule has 0 amide bonds. The first-order chi connectivity index (χ1) is 9.17. The van der Waals surface area contributed by atoms with Crippen molar-refractivity contribution in [1.82, 2.24) is 15.4 Å². The van der Waals surface area contributed by atoms with Gasteiger partial charge in [0.1, 0.15) is 0 Å². The first-order valence-corrected chi connectivity index (χ1v) is 7.55. The minimum absolute atomic E-state index is 0.667. The van der Waals surface area contributed by atoms with Crippen LogP contribution in [0.15, 0.2) is 10.6 Å². The number of hydrogen-bond donors (Lipinski definition) is 1. The van der Waals surface area contributed by atoms with Gasteiger partial charge in [-0.25, -0.2) is 0 Å². The molecular formula is C15H27N3O. The molecule has 2 rings (SSSR count). The Balaban J connectivity index is 1.75. The highest BCUT2D eigenvalue weighted by Crippen LogP contribution is 2.30. The van der Waals surface area contributed by atoms with Crippen LogP contribution in [0.25, 0.3) is 0 Å². The minimum Gasteiger partial charge on any atom is -0.360 e. The van der Waals surface area contributed by atoms with E-state index in [4.69, 9.17) is 4.52 Å². The zero-order valence-electron chi connectivity index (χ0n) is 12.5. The number of rotatable bonds is 9. The lowest BCUT2D eigenvalue weighted by molar-refractivity contribution is 0.232. The molecule has 4 heteroatoms. The van der Waals surface area contributed by atoms with Gasteiger partial charge in [0, 0.05) is 19.2 Å². The van der Waals surface area contributed by atoms with E-state index in [1.165, 1.54) is 19.4 Å². The Kier molecular flexibility index (Phi) is 5.40. The lowest BCUT2D eigenvalue weighted by Crippen LogP contribution is -2.24. The predicted octanol–water partition coefficient (Wildman–Crippen LogP) is 2.65. The molecule has 0 unspecified atom stereocenters. The lowest BCUT2D eigenvalue weighted by atomic mass is 10.2. The van der Waals surface area contributed by atoms with Crippen LogP contribution in [-0.4, -0.2) is 29.7 Å². The van der Waals surface area contributed by atoms with Crippen LogP contribution in [0.3, 0.4) is 0 Å². The molecule has 4 nitrogen and oxygen atoms in total. The second kappa shape index (κ2) is 7.06. The molecule has 0 aromatic carbocycles. The fraction of sp³-hybridized carbons (Fsp3) is 0.800. The van der Waals surface area contributed by atoms with E-state index in [2.05, 4.69) is 42.2 Å². The SMILES string of the molecule is CCN(Cc1cc(CNCC(C)C)no1)CC1CC1. The zero-order valence-corrected chi connectivity index (χ0v) is 12.5. The van der Waals surface area contributed by atoms with Crippen LogP contribution < -0.4 is 5.32 Å². The summed E-state index contributed by atoms with van der Waals surface area (Å²) in [5.41, 5.74) is 1.01. The fourth-order valence-electron chi connectivity index (χ4n) is 2.19. The second-order valence-electron chi connectivity index (χ2n) is 6.08. The summed E-state index contributed by atoms with van der Waals surface area (Å²) in [6, 6.07) is 2.09. The minimum atomic E-state index is 0.667. The van der Waals surface area contributed by atoms with Gasteiger partial charge in [0.2, 0.25) is 0 Å². The van der Waals surface area contributed by atoms with Crippen molar-refractivity contribution in [3.63, 3.8) is 0 Å². The van der Waals surface area contributed by atoms with Crippen LogP contribution in [0.1, 0.15) is 45.1 Å². The Morgan fingerprint density at radius 3 is 2.89 bits per heavy atom. The van der Waals surface area contributed by atoms with Gasteiger partial charge in [0.25, 0.3) is 0 Å². The van der Waals surface area contributed by atoms with E-state index in [0.29, 0.717) is 5.92 Å². The summed E-state index contributed by atoms with van der Waals surface area (Å²) in [4.78, 5) is 2.45. The van der Waals surface area contributed by atoms with Crippen molar-refractivity contribution >= 4 is 0 Å². The molecule has 0 aliphatic heterocycles. The molecule has 1 aliphatic rings. The molecular weight excluding hydrogens is 238 g/mol. The largest absolute Gasteiger partial charge is 0.360 e. The van der Waals surface area contributed by atoms with Crippen LogP contribution in [-0.2, 0) is 13.1 Å². The summed E-state index contributed by atoms with van der Waals surface area (Å²) < 4.78 is 5.42. The molecule has 19 heavy (non-hydrogen) atoms. The Hall–Kier alpha value is -0.870. The van der Waals surface area contributed by atoms with Crippen molar-refractivity contribution < 1.29 is 4.52 Å². The molecule has 0 radical (unpaired) electrons. The van der Waals surface area contributed by atoms with Gasteiger partial charge < -0.3 is 9.84 Å². The Labute approximate surface area is 116 Å². The van der Waals surface area contributed by atoms with E-state index < -0.39 is 0 Å². The first-order valence-electron chi connectivity index (χ1n) is 7.55.